The van der Waals surface area contributed by atoms with Gasteiger partial charge in [0.15, 0.2) is 6.61 Å². The first-order valence-electron chi connectivity index (χ1n) is 9.27. The van der Waals surface area contributed by atoms with Crippen LogP contribution < -0.4 is 10.1 Å². The van der Waals surface area contributed by atoms with E-state index in [1.54, 1.807) is 37.3 Å². The number of aromatic nitrogens is 2. The summed E-state index contributed by atoms with van der Waals surface area (Å²) in [6, 6.07) is 21.0. The lowest BCUT2D eigenvalue weighted by atomic mass is 10.2. The Morgan fingerprint density at radius 2 is 1.80 bits per heavy atom. The van der Waals surface area contributed by atoms with E-state index in [9.17, 15) is 9.18 Å². The van der Waals surface area contributed by atoms with Gasteiger partial charge in [0.05, 0.1) is 5.69 Å². The molecule has 0 atom stereocenters. The van der Waals surface area contributed by atoms with E-state index in [4.69, 9.17) is 9.26 Å². The molecule has 0 saturated carbocycles. The number of hydrogen-bond acceptors (Lipinski definition) is 5. The van der Waals surface area contributed by atoms with E-state index in [-0.39, 0.29) is 12.3 Å². The van der Waals surface area contributed by atoms with Crippen molar-refractivity contribution in [2.75, 3.05) is 11.9 Å². The third kappa shape index (κ3) is 4.52. The van der Waals surface area contributed by atoms with Gasteiger partial charge in [-0.25, -0.2) is 4.39 Å². The molecule has 0 aliphatic carbocycles. The number of nitrogens with zero attached hydrogens (tertiary/aromatic N) is 2. The van der Waals surface area contributed by atoms with Crippen LogP contribution in [0, 0.1) is 12.7 Å². The van der Waals surface area contributed by atoms with E-state index in [0.29, 0.717) is 17.5 Å². The third-order valence-electron chi connectivity index (χ3n) is 4.33. The highest BCUT2D eigenvalue weighted by Gasteiger charge is 2.11. The summed E-state index contributed by atoms with van der Waals surface area (Å²) in [4.78, 5) is 16.4. The molecule has 1 N–H and O–H groups in total. The second kappa shape index (κ2) is 8.57. The summed E-state index contributed by atoms with van der Waals surface area (Å²) in [5, 5.41) is 6.49. The number of nitrogens with one attached hydrogen (secondary N) is 1. The van der Waals surface area contributed by atoms with Crippen molar-refractivity contribution in [3.8, 4) is 28.6 Å². The van der Waals surface area contributed by atoms with Crippen LogP contribution in [0.3, 0.4) is 0 Å². The molecular weight excluding hydrogens is 385 g/mol. The number of benzene rings is 3. The molecule has 3 aromatic carbocycles. The van der Waals surface area contributed by atoms with Crippen LogP contribution >= 0.6 is 0 Å². The number of halogens is 1. The normalized spacial score (nSPS) is 10.6. The number of aryl methyl sites for hydroxylation is 1. The minimum atomic E-state index is -0.484. The number of carbonyl (C=O) groups excluding carboxylic acids is 1. The fourth-order valence-electron chi connectivity index (χ4n) is 2.80. The Hall–Kier alpha value is -4.00. The van der Waals surface area contributed by atoms with Crippen molar-refractivity contribution in [2.45, 2.75) is 6.92 Å². The molecule has 0 aliphatic heterocycles. The summed E-state index contributed by atoms with van der Waals surface area (Å²) in [5.74, 6) is 0.438. The highest BCUT2D eigenvalue weighted by molar-refractivity contribution is 5.92. The van der Waals surface area contributed by atoms with Crippen LogP contribution in [0.5, 0.6) is 5.75 Å². The minimum Gasteiger partial charge on any atom is -0.484 e. The number of carbonyl (C=O) groups is 1. The Morgan fingerprint density at radius 3 is 2.53 bits per heavy atom. The first kappa shape index (κ1) is 19.3. The molecule has 6 nitrogen and oxygen atoms in total. The highest BCUT2D eigenvalue weighted by Crippen LogP contribution is 2.24. The molecule has 4 rings (SSSR count). The maximum absolute atomic E-state index is 13.8. The molecule has 7 heteroatoms. The van der Waals surface area contributed by atoms with Gasteiger partial charge in [0.1, 0.15) is 11.6 Å². The van der Waals surface area contributed by atoms with Crippen molar-refractivity contribution in [1.29, 1.82) is 0 Å². The van der Waals surface area contributed by atoms with Crippen LogP contribution in [0.25, 0.3) is 22.8 Å². The topological polar surface area (TPSA) is 77.2 Å². The van der Waals surface area contributed by atoms with Gasteiger partial charge in [-0.15, -0.1) is 0 Å². The van der Waals surface area contributed by atoms with Gasteiger partial charge in [-0.2, -0.15) is 4.98 Å². The lowest BCUT2D eigenvalue weighted by Crippen LogP contribution is -2.20. The number of amides is 1. The monoisotopic (exact) mass is 403 g/mol. The smallest absolute Gasteiger partial charge is 0.262 e. The predicted octanol–water partition coefficient (Wildman–Crippen LogP) is 4.87. The van der Waals surface area contributed by atoms with Gasteiger partial charge in [-0.3, -0.25) is 4.79 Å². The van der Waals surface area contributed by atoms with E-state index >= 15 is 0 Å². The zero-order valence-electron chi connectivity index (χ0n) is 16.1. The van der Waals surface area contributed by atoms with E-state index in [1.807, 2.05) is 30.3 Å². The minimum absolute atomic E-state index is 0.121. The van der Waals surface area contributed by atoms with Crippen LogP contribution in [-0.4, -0.2) is 22.7 Å². The molecule has 0 fully saturated rings. The van der Waals surface area contributed by atoms with Gasteiger partial charge in [0.2, 0.25) is 5.82 Å². The first-order valence-corrected chi connectivity index (χ1v) is 9.27. The van der Waals surface area contributed by atoms with Crippen LogP contribution in [-0.2, 0) is 4.79 Å². The Kier molecular flexibility index (Phi) is 5.52. The number of rotatable bonds is 6. The number of hydrogen-bond donors (Lipinski definition) is 1. The van der Waals surface area contributed by atoms with Crippen LogP contribution in [0.4, 0.5) is 10.1 Å². The van der Waals surface area contributed by atoms with E-state index in [0.717, 1.165) is 16.7 Å². The van der Waals surface area contributed by atoms with Gasteiger partial charge < -0.3 is 14.6 Å². The van der Waals surface area contributed by atoms with Crippen molar-refractivity contribution in [3.05, 3.63) is 84.2 Å². The Bertz CT molecular complexity index is 1160. The van der Waals surface area contributed by atoms with Crippen molar-refractivity contribution < 1.29 is 18.4 Å². The Morgan fingerprint density at radius 1 is 1.03 bits per heavy atom. The lowest BCUT2D eigenvalue weighted by molar-refractivity contribution is -0.118. The average Bonchev–Trinajstić information content (AvgIpc) is 3.26. The Labute approximate surface area is 172 Å². The first-order chi connectivity index (χ1) is 14.6. The summed E-state index contributed by atoms with van der Waals surface area (Å²) in [6.07, 6.45) is 0. The molecule has 1 aromatic heterocycles. The fraction of sp³-hybridized carbons (Fsp3) is 0.0870. The van der Waals surface area contributed by atoms with Gasteiger partial charge in [0, 0.05) is 11.1 Å². The largest absolute Gasteiger partial charge is 0.484 e. The molecular formula is C23H18FN3O3. The summed E-state index contributed by atoms with van der Waals surface area (Å²) in [5.41, 5.74) is 2.49. The summed E-state index contributed by atoms with van der Waals surface area (Å²) in [7, 11) is 0. The second-order valence-electron chi connectivity index (χ2n) is 6.63. The fourth-order valence-corrected chi connectivity index (χ4v) is 2.80. The maximum atomic E-state index is 13.8. The number of anilines is 1. The van der Waals surface area contributed by atoms with E-state index in [2.05, 4.69) is 15.5 Å². The van der Waals surface area contributed by atoms with Crippen molar-refractivity contribution in [1.82, 2.24) is 10.1 Å². The SMILES string of the molecule is Cc1ccc(NC(=O)COc2ccc(-c3nc(-c4ccccc4)no3)cc2)c(F)c1. The van der Waals surface area contributed by atoms with Crippen molar-refractivity contribution >= 4 is 11.6 Å². The molecule has 1 heterocycles. The van der Waals surface area contributed by atoms with Crippen molar-refractivity contribution in [2.24, 2.45) is 0 Å². The third-order valence-corrected chi connectivity index (χ3v) is 4.33. The molecule has 150 valence electrons. The number of ether oxygens (including phenoxy) is 1. The van der Waals surface area contributed by atoms with Crippen LogP contribution in [0.1, 0.15) is 5.56 Å². The average molecular weight is 403 g/mol. The van der Waals surface area contributed by atoms with Gasteiger partial charge in [0.25, 0.3) is 11.8 Å². The second-order valence-corrected chi connectivity index (χ2v) is 6.63. The molecule has 0 saturated heterocycles. The summed E-state index contributed by atoms with van der Waals surface area (Å²) < 4.78 is 24.6. The molecule has 0 bridgehead atoms. The van der Waals surface area contributed by atoms with Gasteiger partial charge in [-0.1, -0.05) is 41.6 Å². The lowest BCUT2D eigenvalue weighted by Gasteiger charge is -2.09. The highest BCUT2D eigenvalue weighted by atomic mass is 19.1. The quantitative estimate of drug-likeness (QED) is 0.497. The maximum Gasteiger partial charge on any atom is 0.262 e. The zero-order valence-corrected chi connectivity index (χ0v) is 16.1. The van der Waals surface area contributed by atoms with Crippen molar-refractivity contribution in [3.63, 3.8) is 0 Å². The molecule has 4 aromatic rings. The predicted molar refractivity (Wildman–Crippen MR) is 110 cm³/mol. The molecule has 1 amide bonds. The summed E-state index contributed by atoms with van der Waals surface area (Å²) >= 11 is 0. The van der Waals surface area contributed by atoms with Crippen LogP contribution in [0.15, 0.2) is 77.3 Å². The Balaban J connectivity index is 1.36. The molecule has 0 aliphatic rings. The van der Waals surface area contributed by atoms with Gasteiger partial charge >= 0.3 is 0 Å². The molecule has 0 unspecified atom stereocenters. The standard InChI is InChI=1S/C23H18FN3O3/c1-15-7-12-20(19(24)13-15)25-21(28)14-29-18-10-8-17(9-11-18)23-26-22(27-30-23)16-5-3-2-4-6-16/h2-13H,14H2,1H3,(H,25,28). The molecule has 30 heavy (non-hydrogen) atoms. The molecule has 0 spiro atoms. The zero-order chi connectivity index (χ0) is 20.9. The van der Waals surface area contributed by atoms with Crippen LogP contribution in [0.2, 0.25) is 0 Å². The van der Waals surface area contributed by atoms with E-state index < -0.39 is 11.7 Å². The molecule has 0 radical (unpaired) electrons. The van der Waals surface area contributed by atoms with E-state index in [1.165, 1.54) is 12.1 Å². The van der Waals surface area contributed by atoms with Gasteiger partial charge in [-0.05, 0) is 48.9 Å². The summed E-state index contributed by atoms with van der Waals surface area (Å²) in [6.45, 7) is 1.53.